The number of carbonyl (C=O) groups excluding carboxylic acids is 2. The Morgan fingerprint density at radius 2 is 1.79 bits per heavy atom. The van der Waals surface area contributed by atoms with Crippen molar-refractivity contribution >= 4 is 27.6 Å². The monoisotopic (exact) mass is 474 g/mol. The van der Waals surface area contributed by atoms with Crippen LogP contribution >= 0.6 is 0 Å². The lowest BCUT2D eigenvalue weighted by molar-refractivity contribution is -0.137. The van der Waals surface area contributed by atoms with Crippen molar-refractivity contribution in [2.75, 3.05) is 25.0 Å². The number of anilines is 1. The summed E-state index contributed by atoms with van der Waals surface area (Å²) in [5.74, 6) is -0.620. The van der Waals surface area contributed by atoms with Crippen LogP contribution in [0.2, 0.25) is 0 Å². The minimum Gasteiger partial charge on any atom is -0.495 e. The van der Waals surface area contributed by atoms with Crippen molar-refractivity contribution in [3.8, 4) is 5.75 Å². The summed E-state index contributed by atoms with van der Waals surface area (Å²) >= 11 is 0. The number of esters is 1. The molecule has 1 aliphatic rings. The number of nitrogens with one attached hydrogen (secondary N) is 1. The molecule has 1 fully saturated rings. The summed E-state index contributed by atoms with van der Waals surface area (Å²) in [6.07, 6.45) is 5.30. The van der Waals surface area contributed by atoms with Crippen LogP contribution in [-0.2, 0) is 19.6 Å². The number of methoxy groups -OCH3 is 1. The largest absolute Gasteiger partial charge is 0.495 e. The normalized spacial score (nSPS) is 14.4. The average Bonchev–Trinajstić information content (AvgIpc) is 2.84. The van der Waals surface area contributed by atoms with E-state index in [0.717, 1.165) is 25.7 Å². The number of amides is 1. The first kappa shape index (κ1) is 24.6. The third-order valence-electron chi connectivity index (χ3n) is 5.73. The number of hydrogen-bond acceptors (Lipinski definition) is 6. The SMILES string of the molecule is CCN(C(=O)COC(=O)c1cccc(S(=O)(=O)Nc2ccccc2OC)c1)C1CCCCC1. The molecule has 9 heteroatoms. The summed E-state index contributed by atoms with van der Waals surface area (Å²) in [6.45, 7) is 2.10. The molecule has 1 saturated carbocycles. The second-order valence-electron chi connectivity index (χ2n) is 7.88. The molecule has 0 aromatic heterocycles. The summed E-state index contributed by atoms with van der Waals surface area (Å²) < 4.78 is 38.5. The molecule has 0 saturated heterocycles. The lowest BCUT2D eigenvalue weighted by atomic mass is 9.94. The molecule has 2 aromatic rings. The van der Waals surface area contributed by atoms with Crippen LogP contribution in [0.15, 0.2) is 53.4 Å². The number of nitrogens with zero attached hydrogens (tertiary/aromatic N) is 1. The Morgan fingerprint density at radius 1 is 1.06 bits per heavy atom. The van der Waals surface area contributed by atoms with Crippen molar-refractivity contribution in [3.05, 3.63) is 54.1 Å². The van der Waals surface area contributed by atoms with Crippen LogP contribution in [0.4, 0.5) is 5.69 Å². The molecular formula is C24H30N2O6S. The number of sulfonamides is 1. The molecule has 0 heterocycles. The lowest BCUT2D eigenvalue weighted by Crippen LogP contribution is -2.43. The average molecular weight is 475 g/mol. The summed E-state index contributed by atoms with van der Waals surface area (Å²) in [7, 11) is -2.53. The van der Waals surface area contributed by atoms with E-state index in [4.69, 9.17) is 9.47 Å². The van der Waals surface area contributed by atoms with Crippen molar-refractivity contribution in [2.24, 2.45) is 0 Å². The first-order chi connectivity index (χ1) is 15.9. The fourth-order valence-electron chi connectivity index (χ4n) is 4.05. The third kappa shape index (κ3) is 6.25. The van der Waals surface area contributed by atoms with Gasteiger partial charge in [-0.1, -0.05) is 37.5 Å². The number of likely N-dealkylation sites (N-methyl/N-ethyl adjacent to an activating group) is 1. The van der Waals surface area contributed by atoms with Crippen LogP contribution in [0, 0.1) is 0 Å². The van der Waals surface area contributed by atoms with Crippen molar-refractivity contribution in [3.63, 3.8) is 0 Å². The van der Waals surface area contributed by atoms with E-state index in [1.165, 1.54) is 37.8 Å². The van der Waals surface area contributed by atoms with E-state index in [2.05, 4.69) is 4.72 Å². The summed E-state index contributed by atoms with van der Waals surface area (Å²) in [6, 6.07) is 12.3. The number of ether oxygens (including phenoxy) is 2. The fraction of sp³-hybridized carbons (Fsp3) is 0.417. The van der Waals surface area contributed by atoms with Crippen molar-refractivity contribution in [2.45, 2.75) is 50.0 Å². The predicted octanol–water partition coefficient (Wildman–Crippen LogP) is 3.83. The minimum atomic E-state index is -3.98. The zero-order valence-corrected chi connectivity index (χ0v) is 19.8. The van der Waals surface area contributed by atoms with Crippen molar-refractivity contribution < 1.29 is 27.5 Å². The molecule has 33 heavy (non-hydrogen) atoms. The molecule has 8 nitrogen and oxygen atoms in total. The Bertz CT molecular complexity index is 1080. The van der Waals surface area contributed by atoms with Gasteiger partial charge in [0.1, 0.15) is 5.75 Å². The van der Waals surface area contributed by atoms with E-state index in [9.17, 15) is 18.0 Å². The third-order valence-corrected chi connectivity index (χ3v) is 7.10. The highest BCUT2D eigenvalue weighted by atomic mass is 32.2. The number of benzene rings is 2. The van der Waals surface area contributed by atoms with E-state index in [1.807, 2.05) is 6.92 Å². The predicted molar refractivity (Wildman–Crippen MR) is 125 cm³/mol. The second-order valence-corrected chi connectivity index (χ2v) is 9.56. The molecule has 1 aliphatic carbocycles. The Kier molecular flexibility index (Phi) is 8.32. The molecule has 0 atom stereocenters. The van der Waals surface area contributed by atoms with Gasteiger partial charge in [-0.2, -0.15) is 0 Å². The molecule has 0 radical (unpaired) electrons. The van der Waals surface area contributed by atoms with E-state index < -0.39 is 16.0 Å². The van der Waals surface area contributed by atoms with Crippen LogP contribution in [0.5, 0.6) is 5.75 Å². The lowest BCUT2D eigenvalue weighted by Gasteiger charge is -2.33. The smallest absolute Gasteiger partial charge is 0.338 e. The molecule has 178 valence electrons. The standard InChI is InChI=1S/C24H30N2O6S/c1-3-26(19-11-5-4-6-12-19)23(27)17-32-24(28)18-10-9-13-20(16-18)33(29,30)25-21-14-7-8-15-22(21)31-2/h7-10,13-16,19,25H,3-6,11-12,17H2,1-2H3. The van der Waals surface area contributed by atoms with Gasteiger partial charge in [0.2, 0.25) is 0 Å². The highest BCUT2D eigenvalue weighted by Gasteiger charge is 2.25. The minimum absolute atomic E-state index is 0.0476. The molecule has 0 aliphatic heterocycles. The van der Waals surface area contributed by atoms with E-state index in [0.29, 0.717) is 12.3 Å². The van der Waals surface area contributed by atoms with Crippen molar-refractivity contribution in [1.29, 1.82) is 0 Å². The molecule has 0 bridgehead atoms. The molecule has 1 N–H and O–H groups in total. The molecule has 3 rings (SSSR count). The van der Waals surface area contributed by atoms with E-state index in [-0.39, 0.29) is 34.7 Å². The van der Waals surface area contributed by atoms with Gasteiger partial charge in [-0.05, 0) is 50.1 Å². The van der Waals surface area contributed by atoms with Crippen LogP contribution in [-0.4, -0.2) is 51.5 Å². The first-order valence-electron chi connectivity index (χ1n) is 11.1. The van der Waals surface area contributed by atoms with Crippen molar-refractivity contribution in [1.82, 2.24) is 4.90 Å². The van der Waals surface area contributed by atoms with Crippen LogP contribution in [0.25, 0.3) is 0 Å². The summed E-state index contributed by atoms with van der Waals surface area (Å²) in [4.78, 5) is 26.8. The molecule has 0 spiro atoms. The van der Waals surface area contributed by atoms with Gasteiger partial charge in [0.25, 0.3) is 15.9 Å². The van der Waals surface area contributed by atoms with Gasteiger partial charge < -0.3 is 14.4 Å². The number of para-hydroxylation sites is 2. The summed E-state index contributed by atoms with van der Waals surface area (Å²) in [5, 5.41) is 0. The Morgan fingerprint density at radius 3 is 2.48 bits per heavy atom. The highest BCUT2D eigenvalue weighted by molar-refractivity contribution is 7.92. The molecule has 2 aromatic carbocycles. The molecular weight excluding hydrogens is 444 g/mol. The second kappa shape index (κ2) is 11.2. The molecule has 0 unspecified atom stereocenters. The highest BCUT2D eigenvalue weighted by Crippen LogP contribution is 2.26. The van der Waals surface area contributed by atoms with Crippen LogP contribution < -0.4 is 9.46 Å². The van der Waals surface area contributed by atoms with Gasteiger partial charge in [0.05, 0.1) is 23.3 Å². The Hall–Kier alpha value is -3.07. The van der Waals surface area contributed by atoms with Gasteiger partial charge in [0.15, 0.2) is 6.61 Å². The van der Waals surface area contributed by atoms with Gasteiger partial charge in [-0.25, -0.2) is 13.2 Å². The van der Waals surface area contributed by atoms with Crippen LogP contribution in [0.1, 0.15) is 49.4 Å². The maximum Gasteiger partial charge on any atom is 0.338 e. The Balaban J connectivity index is 1.67. The topological polar surface area (TPSA) is 102 Å². The maximum atomic E-state index is 12.8. The number of carbonyl (C=O) groups is 2. The number of hydrogen-bond donors (Lipinski definition) is 1. The van der Waals surface area contributed by atoms with Gasteiger partial charge in [-0.15, -0.1) is 0 Å². The zero-order valence-electron chi connectivity index (χ0n) is 19.0. The van der Waals surface area contributed by atoms with Gasteiger partial charge in [-0.3, -0.25) is 9.52 Å². The first-order valence-corrected chi connectivity index (χ1v) is 12.6. The Labute approximate surface area is 194 Å². The molecule has 1 amide bonds. The van der Waals surface area contributed by atoms with Gasteiger partial charge in [0, 0.05) is 12.6 Å². The zero-order chi connectivity index (χ0) is 23.8. The number of rotatable bonds is 9. The van der Waals surface area contributed by atoms with E-state index >= 15 is 0 Å². The summed E-state index contributed by atoms with van der Waals surface area (Å²) in [5.41, 5.74) is 0.326. The van der Waals surface area contributed by atoms with E-state index in [1.54, 1.807) is 29.2 Å². The fourth-order valence-corrected chi connectivity index (χ4v) is 5.16. The van der Waals surface area contributed by atoms with Crippen LogP contribution in [0.3, 0.4) is 0 Å². The van der Waals surface area contributed by atoms with Gasteiger partial charge >= 0.3 is 5.97 Å². The maximum absolute atomic E-state index is 12.8. The quantitative estimate of drug-likeness (QED) is 0.554.